The molecule has 0 saturated heterocycles. The average molecular weight is 287 g/mol. The summed E-state index contributed by atoms with van der Waals surface area (Å²) in [5, 5.41) is 23.0. The molecular formula is C16H21N3O2. The van der Waals surface area contributed by atoms with Gasteiger partial charge in [0, 0.05) is 42.1 Å². The second-order valence-electron chi connectivity index (χ2n) is 5.75. The number of phenolic OH excluding ortho intramolecular Hbond substituents is 2. The van der Waals surface area contributed by atoms with Crippen LogP contribution in [0.15, 0.2) is 36.9 Å². The number of aromatic nitrogens is 2. The van der Waals surface area contributed by atoms with E-state index >= 15 is 0 Å². The second kappa shape index (κ2) is 5.77. The van der Waals surface area contributed by atoms with Crippen LogP contribution in [0.3, 0.4) is 0 Å². The normalized spacial score (nSPS) is 23.3. The Bertz CT molecular complexity index is 598. The summed E-state index contributed by atoms with van der Waals surface area (Å²) >= 11 is 0. The van der Waals surface area contributed by atoms with Gasteiger partial charge >= 0.3 is 0 Å². The molecule has 0 radical (unpaired) electrons. The van der Waals surface area contributed by atoms with Gasteiger partial charge in [-0.1, -0.05) is 6.07 Å². The highest BCUT2D eigenvalue weighted by molar-refractivity contribution is 5.40. The highest BCUT2D eigenvalue weighted by atomic mass is 16.3. The zero-order valence-corrected chi connectivity index (χ0v) is 12.1. The summed E-state index contributed by atoms with van der Waals surface area (Å²) in [6, 6.07) is 5.56. The number of imidazole rings is 1. The number of hydrogen-bond acceptors (Lipinski definition) is 4. The molecule has 1 aliphatic rings. The fraction of sp³-hybridized carbons (Fsp3) is 0.438. The minimum atomic E-state index is 0.0275. The molecule has 0 bridgehead atoms. The summed E-state index contributed by atoms with van der Waals surface area (Å²) < 4.78 is 2.16. The quantitative estimate of drug-likeness (QED) is 0.808. The van der Waals surface area contributed by atoms with Crippen molar-refractivity contribution in [3.63, 3.8) is 0 Å². The van der Waals surface area contributed by atoms with Crippen molar-refractivity contribution in [3.8, 4) is 11.5 Å². The van der Waals surface area contributed by atoms with Gasteiger partial charge in [-0.05, 0) is 32.3 Å². The predicted octanol–water partition coefficient (Wildman–Crippen LogP) is 2.74. The molecule has 0 spiro atoms. The van der Waals surface area contributed by atoms with E-state index in [1.807, 2.05) is 25.6 Å². The van der Waals surface area contributed by atoms with Crippen molar-refractivity contribution in [2.45, 2.75) is 44.3 Å². The molecule has 5 nitrogen and oxygen atoms in total. The molecule has 1 aromatic carbocycles. The number of rotatable bonds is 4. The maximum atomic E-state index is 9.97. The number of benzene rings is 1. The largest absolute Gasteiger partial charge is 0.508 e. The lowest BCUT2D eigenvalue weighted by molar-refractivity contribution is 0.356. The highest BCUT2D eigenvalue weighted by Crippen LogP contribution is 2.33. The topological polar surface area (TPSA) is 70.3 Å². The lowest BCUT2D eigenvalue weighted by Crippen LogP contribution is -2.35. The van der Waals surface area contributed by atoms with E-state index in [-0.39, 0.29) is 17.5 Å². The van der Waals surface area contributed by atoms with E-state index in [4.69, 9.17) is 0 Å². The van der Waals surface area contributed by atoms with Crippen LogP contribution in [0, 0.1) is 0 Å². The van der Waals surface area contributed by atoms with Gasteiger partial charge in [0.25, 0.3) is 0 Å². The summed E-state index contributed by atoms with van der Waals surface area (Å²) in [6.45, 7) is 2.04. The van der Waals surface area contributed by atoms with E-state index in [2.05, 4.69) is 14.9 Å². The monoisotopic (exact) mass is 287 g/mol. The smallest absolute Gasteiger partial charge is 0.124 e. The summed E-state index contributed by atoms with van der Waals surface area (Å²) in [4.78, 5) is 4.13. The van der Waals surface area contributed by atoms with Gasteiger partial charge in [-0.15, -0.1) is 0 Å². The number of nitrogens with one attached hydrogen (secondary N) is 1. The van der Waals surface area contributed by atoms with Crippen LogP contribution in [0.2, 0.25) is 0 Å². The molecule has 0 aliphatic heterocycles. The molecule has 3 rings (SSSR count). The fourth-order valence-electron chi connectivity index (χ4n) is 3.27. The van der Waals surface area contributed by atoms with Gasteiger partial charge in [0.15, 0.2) is 0 Å². The molecule has 3 N–H and O–H groups in total. The zero-order chi connectivity index (χ0) is 14.8. The third-order valence-electron chi connectivity index (χ3n) is 4.33. The lowest BCUT2D eigenvalue weighted by Gasteiger charge is -2.26. The van der Waals surface area contributed by atoms with Gasteiger partial charge in [0.1, 0.15) is 11.5 Å². The van der Waals surface area contributed by atoms with E-state index in [1.54, 1.807) is 12.1 Å². The van der Waals surface area contributed by atoms with Crippen LogP contribution >= 0.6 is 0 Å². The van der Waals surface area contributed by atoms with Crippen molar-refractivity contribution in [2.24, 2.45) is 0 Å². The van der Waals surface area contributed by atoms with Crippen LogP contribution in [0.1, 0.15) is 43.8 Å². The second-order valence-corrected chi connectivity index (χ2v) is 5.75. The van der Waals surface area contributed by atoms with E-state index in [9.17, 15) is 10.2 Å². The molecule has 1 fully saturated rings. The van der Waals surface area contributed by atoms with E-state index in [1.165, 1.54) is 12.5 Å². The first-order valence-corrected chi connectivity index (χ1v) is 7.40. The maximum absolute atomic E-state index is 9.97. The Morgan fingerprint density at radius 2 is 2.19 bits per heavy atom. The summed E-state index contributed by atoms with van der Waals surface area (Å²) in [6.07, 6.45) is 9.13. The molecule has 0 amide bonds. The van der Waals surface area contributed by atoms with Gasteiger partial charge in [0.2, 0.25) is 0 Å². The predicted molar refractivity (Wildman–Crippen MR) is 80.2 cm³/mol. The Morgan fingerprint density at radius 1 is 1.33 bits per heavy atom. The standard InChI is InChI=1S/C16H21N3O2/c1-11(13-6-5-12(20)9-16(13)21)18-14-3-2-4-15(14)19-8-7-17-10-19/h5-11,14-15,18,20-21H,2-4H2,1H3. The van der Waals surface area contributed by atoms with Crippen molar-refractivity contribution in [2.75, 3.05) is 0 Å². The number of aromatic hydroxyl groups is 2. The molecule has 3 atom stereocenters. The Morgan fingerprint density at radius 3 is 2.90 bits per heavy atom. The van der Waals surface area contributed by atoms with E-state index in [0.29, 0.717) is 12.1 Å². The SMILES string of the molecule is CC(NC1CCCC1n1ccnc1)c1ccc(O)cc1O. The van der Waals surface area contributed by atoms with Gasteiger partial charge in [0.05, 0.1) is 6.33 Å². The molecule has 1 aromatic heterocycles. The number of nitrogens with zero attached hydrogens (tertiary/aromatic N) is 2. The molecule has 21 heavy (non-hydrogen) atoms. The van der Waals surface area contributed by atoms with E-state index < -0.39 is 0 Å². The minimum Gasteiger partial charge on any atom is -0.508 e. The molecular weight excluding hydrogens is 266 g/mol. The van der Waals surface area contributed by atoms with Crippen LogP contribution in [0.5, 0.6) is 11.5 Å². The molecule has 2 aromatic rings. The molecule has 1 heterocycles. The van der Waals surface area contributed by atoms with Crippen molar-refractivity contribution >= 4 is 0 Å². The molecule has 112 valence electrons. The van der Waals surface area contributed by atoms with Crippen molar-refractivity contribution in [1.82, 2.24) is 14.9 Å². The minimum absolute atomic E-state index is 0.0275. The van der Waals surface area contributed by atoms with Crippen molar-refractivity contribution in [1.29, 1.82) is 0 Å². The summed E-state index contributed by atoms with van der Waals surface area (Å²) in [5.74, 6) is 0.216. The van der Waals surface area contributed by atoms with Crippen LogP contribution in [0.25, 0.3) is 0 Å². The van der Waals surface area contributed by atoms with Crippen molar-refractivity contribution in [3.05, 3.63) is 42.5 Å². The number of phenols is 2. The Labute approximate surface area is 124 Å². The Balaban J connectivity index is 1.73. The Kier molecular flexibility index (Phi) is 3.84. The lowest BCUT2D eigenvalue weighted by atomic mass is 10.0. The third-order valence-corrected chi connectivity index (χ3v) is 4.33. The first kappa shape index (κ1) is 13.9. The molecule has 3 unspecified atom stereocenters. The molecule has 1 saturated carbocycles. The summed E-state index contributed by atoms with van der Waals surface area (Å²) in [7, 11) is 0. The fourth-order valence-corrected chi connectivity index (χ4v) is 3.27. The van der Waals surface area contributed by atoms with Crippen LogP contribution in [-0.2, 0) is 0 Å². The van der Waals surface area contributed by atoms with E-state index in [0.717, 1.165) is 18.4 Å². The third kappa shape index (κ3) is 2.88. The highest BCUT2D eigenvalue weighted by Gasteiger charge is 2.29. The first-order valence-electron chi connectivity index (χ1n) is 7.40. The van der Waals surface area contributed by atoms with Gasteiger partial charge < -0.3 is 20.1 Å². The van der Waals surface area contributed by atoms with Gasteiger partial charge in [-0.3, -0.25) is 0 Å². The van der Waals surface area contributed by atoms with Crippen LogP contribution in [0.4, 0.5) is 0 Å². The van der Waals surface area contributed by atoms with Crippen LogP contribution < -0.4 is 5.32 Å². The van der Waals surface area contributed by atoms with Gasteiger partial charge in [-0.2, -0.15) is 0 Å². The number of hydrogen-bond donors (Lipinski definition) is 3. The summed E-state index contributed by atoms with van der Waals surface area (Å²) in [5.41, 5.74) is 0.809. The van der Waals surface area contributed by atoms with Crippen molar-refractivity contribution < 1.29 is 10.2 Å². The Hall–Kier alpha value is -2.01. The molecule has 5 heteroatoms. The molecule has 1 aliphatic carbocycles. The average Bonchev–Trinajstić information content (AvgIpc) is 3.08. The maximum Gasteiger partial charge on any atom is 0.124 e. The van der Waals surface area contributed by atoms with Gasteiger partial charge in [-0.25, -0.2) is 4.98 Å². The first-order chi connectivity index (χ1) is 10.1. The van der Waals surface area contributed by atoms with Crippen LogP contribution in [-0.4, -0.2) is 25.8 Å². The zero-order valence-electron chi connectivity index (χ0n) is 12.1.